The van der Waals surface area contributed by atoms with E-state index in [4.69, 9.17) is 9.47 Å². The molecule has 2 rings (SSSR count). The van der Waals surface area contributed by atoms with Crippen LogP contribution < -0.4 is 10.1 Å². The van der Waals surface area contributed by atoms with Gasteiger partial charge in [-0.2, -0.15) is 0 Å². The van der Waals surface area contributed by atoms with E-state index in [1.807, 2.05) is 13.0 Å². The van der Waals surface area contributed by atoms with Crippen LogP contribution in [0.5, 0.6) is 11.5 Å². The molecule has 1 heterocycles. The quantitative estimate of drug-likeness (QED) is 0.861. The molecule has 0 bridgehead atoms. The van der Waals surface area contributed by atoms with Gasteiger partial charge in [0.15, 0.2) is 0 Å². The van der Waals surface area contributed by atoms with Crippen LogP contribution in [0.3, 0.4) is 0 Å². The number of hydrogen-bond acceptors (Lipinski definition) is 4. The van der Waals surface area contributed by atoms with Crippen molar-refractivity contribution in [1.29, 1.82) is 0 Å². The first-order valence-corrected chi connectivity index (χ1v) is 6.41. The summed E-state index contributed by atoms with van der Waals surface area (Å²) in [4.78, 5) is 0. The predicted molar refractivity (Wildman–Crippen MR) is 70.1 cm³/mol. The topological polar surface area (TPSA) is 50.7 Å². The molecule has 1 fully saturated rings. The van der Waals surface area contributed by atoms with Crippen molar-refractivity contribution >= 4 is 0 Å². The molecule has 1 saturated heterocycles. The zero-order valence-electron chi connectivity index (χ0n) is 11.0. The predicted octanol–water partition coefficient (Wildman–Crippen LogP) is 2.23. The van der Waals surface area contributed by atoms with Crippen LogP contribution in [-0.4, -0.2) is 31.5 Å². The second-order valence-electron chi connectivity index (χ2n) is 4.73. The van der Waals surface area contributed by atoms with Crippen LogP contribution in [0.2, 0.25) is 0 Å². The van der Waals surface area contributed by atoms with E-state index < -0.39 is 0 Å². The van der Waals surface area contributed by atoms with Gasteiger partial charge in [-0.15, -0.1) is 0 Å². The highest BCUT2D eigenvalue weighted by Gasteiger charge is 2.18. The minimum atomic E-state index is 0.0757. The Hall–Kier alpha value is -1.26. The van der Waals surface area contributed by atoms with Crippen LogP contribution in [0.25, 0.3) is 0 Å². The van der Waals surface area contributed by atoms with E-state index in [1.54, 1.807) is 19.2 Å². The number of phenolic OH excluding ortho intramolecular Hbond substituents is 1. The van der Waals surface area contributed by atoms with Gasteiger partial charge in [-0.1, -0.05) is 0 Å². The van der Waals surface area contributed by atoms with Crippen molar-refractivity contribution in [3.05, 3.63) is 23.8 Å². The Balaban J connectivity index is 2.04. The fourth-order valence-electron chi connectivity index (χ4n) is 2.32. The molecule has 1 aromatic carbocycles. The van der Waals surface area contributed by atoms with Crippen LogP contribution >= 0.6 is 0 Å². The number of benzene rings is 1. The largest absolute Gasteiger partial charge is 0.508 e. The van der Waals surface area contributed by atoms with Gasteiger partial charge < -0.3 is 19.9 Å². The molecule has 0 aromatic heterocycles. The average Bonchev–Trinajstić information content (AvgIpc) is 2.40. The molecule has 1 aliphatic rings. The lowest BCUT2D eigenvalue weighted by atomic mass is 10.0. The Morgan fingerprint density at radius 2 is 2.33 bits per heavy atom. The van der Waals surface area contributed by atoms with Crippen molar-refractivity contribution in [3.8, 4) is 11.5 Å². The molecule has 0 radical (unpaired) electrons. The number of methoxy groups -OCH3 is 1. The summed E-state index contributed by atoms with van der Waals surface area (Å²) in [5, 5.41) is 13.4. The maximum Gasteiger partial charge on any atom is 0.120 e. The van der Waals surface area contributed by atoms with Gasteiger partial charge in [0.25, 0.3) is 0 Å². The van der Waals surface area contributed by atoms with E-state index in [0.29, 0.717) is 11.8 Å². The lowest BCUT2D eigenvalue weighted by Crippen LogP contribution is -2.38. The molecule has 2 atom stereocenters. The molecule has 18 heavy (non-hydrogen) atoms. The summed E-state index contributed by atoms with van der Waals surface area (Å²) in [6.07, 6.45) is 2.21. The standard InChI is InChI=1S/C14H21NO3/c1-10(15-11-4-3-7-18-9-11)13-8-12(17-2)5-6-14(13)16/h5-6,8,10-11,15-16H,3-4,7,9H2,1-2H3. The molecule has 1 aliphatic heterocycles. The zero-order valence-corrected chi connectivity index (χ0v) is 11.0. The highest BCUT2D eigenvalue weighted by atomic mass is 16.5. The van der Waals surface area contributed by atoms with Crippen LogP contribution in [-0.2, 0) is 4.74 Å². The summed E-state index contributed by atoms with van der Waals surface area (Å²) in [6, 6.07) is 5.74. The highest BCUT2D eigenvalue weighted by Crippen LogP contribution is 2.28. The SMILES string of the molecule is COc1ccc(O)c(C(C)NC2CCCOC2)c1. The molecule has 0 saturated carbocycles. The lowest BCUT2D eigenvalue weighted by molar-refractivity contribution is 0.0670. The molecule has 100 valence electrons. The van der Waals surface area contributed by atoms with Crippen molar-refractivity contribution in [2.24, 2.45) is 0 Å². The summed E-state index contributed by atoms with van der Waals surface area (Å²) in [7, 11) is 1.63. The molecule has 0 amide bonds. The average molecular weight is 251 g/mol. The molecular weight excluding hydrogens is 230 g/mol. The van der Waals surface area contributed by atoms with Crippen molar-refractivity contribution < 1.29 is 14.6 Å². The van der Waals surface area contributed by atoms with E-state index in [1.165, 1.54) is 0 Å². The number of hydrogen-bond donors (Lipinski definition) is 2. The van der Waals surface area contributed by atoms with Gasteiger partial charge in [-0.25, -0.2) is 0 Å². The molecular formula is C14H21NO3. The lowest BCUT2D eigenvalue weighted by Gasteiger charge is -2.27. The fraction of sp³-hybridized carbons (Fsp3) is 0.571. The van der Waals surface area contributed by atoms with Crippen LogP contribution in [0.15, 0.2) is 18.2 Å². The third kappa shape index (κ3) is 3.15. The number of ether oxygens (including phenoxy) is 2. The molecule has 0 aliphatic carbocycles. The van der Waals surface area contributed by atoms with Gasteiger partial charge in [0.1, 0.15) is 11.5 Å². The Kier molecular flexibility index (Phi) is 4.44. The summed E-state index contributed by atoms with van der Waals surface area (Å²) in [5.74, 6) is 1.06. The zero-order chi connectivity index (χ0) is 13.0. The van der Waals surface area contributed by atoms with E-state index in [9.17, 15) is 5.11 Å². The molecule has 1 aromatic rings. The first kappa shape index (κ1) is 13.2. The smallest absolute Gasteiger partial charge is 0.120 e. The second-order valence-corrected chi connectivity index (χ2v) is 4.73. The second kappa shape index (κ2) is 6.07. The maximum atomic E-state index is 9.90. The van der Waals surface area contributed by atoms with Crippen LogP contribution in [0.4, 0.5) is 0 Å². The molecule has 0 spiro atoms. The summed E-state index contributed by atoms with van der Waals surface area (Å²) >= 11 is 0. The Morgan fingerprint density at radius 1 is 1.50 bits per heavy atom. The monoisotopic (exact) mass is 251 g/mol. The van der Waals surface area contributed by atoms with E-state index in [-0.39, 0.29) is 6.04 Å². The van der Waals surface area contributed by atoms with Crippen molar-refractivity contribution in [2.75, 3.05) is 20.3 Å². The number of rotatable bonds is 4. The first-order valence-electron chi connectivity index (χ1n) is 6.41. The number of aromatic hydroxyl groups is 1. The summed E-state index contributed by atoms with van der Waals surface area (Å²) in [5.41, 5.74) is 0.861. The normalized spacial score (nSPS) is 21.6. The maximum absolute atomic E-state index is 9.90. The number of phenols is 1. The van der Waals surface area contributed by atoms with Crippen LogP contribution in [0.1, 0.15) is 31.4 Å². The van der Waals surface area contributed by atoms with Gasteiger partial charge >= 0.3 is 0 Å². The molecule has 2 unspecified atom stereocenters. The Morgan fingerprint density at radius 3 is 3.00 bits per heavy atom. The Labute approximate surface area is 108 Å². The van der Waals surface area contributed by atoms with Gasteiger partial charge in [0.05, 0.1) is 13.7 Å². The van der Waals surface area contributed by atoms with Crippen molar-refractivity contribution in [2.45, 2.75) is 31.8 Å². The van der Waals surface area contributed by atoms with Crippen molar-refractivity contribution in [1.82, 2.24) is 5.32 Å². The van der Waals surface area contributed by atoms with Crippen molar-refractivity contribution in [3.63, 3.8) is 0 Å². The van der Waals surface area contributed by atoms with Gasteiger partial charge in [-0.3, -0.25) is 0 Å². The van der Waals surface area contributed by atoms with Gasteiger partial charge in [0.2, 0.25) is 0 Å². The van der Waals surface area contributed by atoms with E-state index >= 15 is 0 Å². The minimum absolute atomic E-state index is 0.0757. The van der Waals surface area contributed by atoms with E-state index in [0.717, 1.165) is 37.4 Å². The van der Waals surface area contributed by atoms with Gasteiger partial charge in [-0.05, 0) is 38.0 Å². The van der Waals surface area contributed by atoms with Gasteiger partial charge in [0, 0.05) is 24.3 Å². The molecule has 2 N–H and O–H groups in total. The molecule has 4 nitrogen and oxygen atoms in total. The summed E-state index contributed by atoms with van der Waals surface area (Å²) in [6.45, 7) is 3.65. The summed E-state index contributed by atoms with van der Waals surface area (Å²) < 4.78 is 10.6. The van der Waals surface area contributed by atoms with Crippen LogP contribution in [0, 0.1) is 0 Å². The number of nitrogens with one attached hydrogen (secondary N) is 1. The molecule has 4 heteroatoms. The fourth-order valence-corrected chi connectivity index (χ4v) is 2.32. The van der Waals surface area contributed by atoms with E-state index in [2.05, 4.69) is 5.32 Å². The third-order valence-electron chi connectivity index (χ3n) is 3.35. The Bertz CT molecular complexity index is 389. The third-order valence-corrected chi connectivity index (χ3v) is 3.35. The highest BCUT2D eigenvalue weighted by molar-refractivity contribution is 5.41. The minimum Gasteiger partial charge on any atom is -0.508 e. The first-order chi connectivity index (χ1) is 8.70.